The molecule has 3 N–H and O–H groups in total. The normalized spacial score (nSPS) is 17.9. The predicted octanol–water partition coefficient (Wildman–Crippen LogP) is 2.38. The minimum Gasteiger partial charge on any atom is -0.371 e. The maximum absolute atomic E-state index is 13.0. The minimum absolute atomic E-state index is 0.0791. The minimum atomic E-state index is -0.521. The van der Waals surface area contributed by atoms with Crippen LogP contribution in [0.1, 0.15) is 26.7 Å². The van der Waals surface area contributed by atoms with Gasteiger partial charge in [0.1, 0.15) is 5.82 Å². The Morgan fingerprint density at radius 1 is 1.35 bits per heavy atom. The fourth-order valence-electron chi connectivity index (χ4n) is 2.67. The molecule has 0 unspecified atom stereocenters. The zero-order chi connectivity index (χ0) is 17.0. The van der Waals surface area contributed by atoms with E-state index in [0.717, 1.165) is 31.6 Å². The van der Waals surface area contributed by atoms with Gasteiger partial charge in [-0.1, -0.05) is 0 Å². The molecule has 1 aliphatic rings. The predicted molar refractivity (Wildman–Crippen MR) is 95.3 cm³/mol. The van der Waals surface area contributed by atoms with Gasteiger partial charge >= 0.3 is 0 Å². The number of thioether (sulfide) groups is 1. The van der Waals surface area contributed by atoms with Gasteiger partial charge in [0.25, 0.3) is 0 Å². The summed E-state index contributed by atoms with van der Waals surface area (Å²) in [6, 6.07) is 6.19. The fourth-order valence-corrected chi connectivity index (χ4v) is 3.03. The van der Waals surface area contributed by atoms with Crippen LogP contribution in [0.15, 0.2) is 24.3 Å². The van der Waals surface area contributed by atoms with Gasteiger partial charge in [0, 0.05) is 29.6 Å². The van der Waals surface area contributed by atoms with Gasteiger partial charge in [-0.05, 0) is 57.2 Å². The third-order valence-electron chi connectivity index (χ3n) is 4.59. The van der Waals surface area contributed by atoms with Crippen molar-refractivity contribution in [1.29, 1.82) is 0 Å². The van der Waals surface area contributed by atoms with E-state index in [1.54, 1.807) is 23.9 Å². The Hall–Kier alpha value is -1.27. The molecule has 0 radical (unpaired) electrons. The first-order valence-corrected chi connectivity index (χ1v) is 9.17. The number of hydrogen-bond acceptors (Lipinski definition) is 4. The molecule has 6 heteroatoms. The lowest BCUT2D eigenvalue weighted by molar-refractivity contribution is -0.123. The van der Waals surface area contributed by atoms with Gasteiger partial charge in [0.05, 0.1) is 6.04 Å². The summed E-state index contributed by atoms with van der Waals surface area (Å²) in [6.45, 7) is 5.66. The lowest BCUT2D eigenvalue weighted by Gasteiger charge is -2.35. The van der Waals surface area contributed by atoms with Crippen LogP contribution in [-0.2, 0) is 4.79 Å². The Morgan fingerprint density at radius 2 is 1.91 bits per heavy atom. The molecular formula is C17H26FN3OS. The molecule has 1 atom stereocenters. The molecule has 1 fully saturated rings. The van der Waals surface area contributed by atoms with Crippen LogP contribution in [0.3, 0.4) is 0 Å². The second-order valence-electron chi connectivity index (χ2n) is 6.53. The zero-order valence-corrected chi connectivity index (χ0v) is 14.8. The van der Waals surface area contributed by atoms with Crippen molar-refractivity contribution in [3.05, 3.63) is 30.1 Å². The molecule has 128 valence electrons. The number of rotatable bonds is 5. The summed E-state index contributed by atoms with van der Waals surface area (Å²) in [5.41, 5.74) is 7.10. The van der Waals surface area contributed by atoms with Crippen molar-refractivity contribution < 1.29 is 9.18 Å². The van der Waals surface area contributed by atoms with E-state index in [1.807, 2.05) is 20.1 Å². The maximum Gasteiger partial charge on any atom is 0.238 e. The molecule has 0 saturated carbocycles. The topological polar surface area (TPSA) is 58.4 Å². The Morgan fingerprint density at radius 3 is 2.43 bits per heavy atom. The van der Waals surface area contributed by atoms with E-state index in [9.17, 15) is 9.18 Å². The number of carbonyl (C=O) groups excluding carboxylic acids is 1. The first kappa shape index (κ1) is 18.1. The Bertz CT molecular complexity index is 527. The second-order valence-corrected chi connectivity index (χ2v) is 7.99. The van der Waals surface area contributed by atoms with Gasteiger partial charge in [-0.15, -0.1) is 0 Å². The van der Waals surface area contributed by atoms with Gasteiger partial charge in [-0.25, -0.2) is 4.39 Å². The van der Waals surface area contributed by atoms with Crippen LogP contribution in [0.5, 0.6) is 0 Å². The van der Waals surface area contributed by atoms with Crippen LogP contribution in [-0.4, -0.2) is 42.1 Å². The van der Waals surface area contributed by atoms with Crippen molar-refractivity contribution in [2.24, 2.45) is 5.73 Å². The lowest BCUT2D eigenvalue weighted by atomic mass is 10.0. The Balaban J connectivity index is 1.85. The quantitative estimate of drug-likeness (QED) is 0.865. The number of anilines is 1. The second kappa shape index (κ2) is 7.53. The van der Waals surface area contributed by atoms with E-state index >= 15 is 0 Å². The highest BCUT2D eigenvalue weighted by molar-refractivity contribution is 8.00. The molecule has 1 saturated heterocycles. The highest BCUT2D eigenvalue weighted by atomic mass is 32.2. The van der Waals surface area contributed by atoms with Crippen molar-refractivity contribution in [1.82, 2.24) is 5.32 Å². The van der Waals surface area contributed by atoms with Crippen LogP contribution in [0.2, 0.25) is 0 Å². The van der Waals surface area contributed by atoms with Gasteiger partial charge in [-0.2, -0.15) is 11.8 Å². The lowest BCUT2D eigenvalue weighted by Crippen LogP contribution is -2.55. The fraction of sp³-hybridized carbons (Fsp3) is 0.588. The Labute approximate surface area is 142 Å². The average Bonchev–Trinajstić information content (AvgIpc) is 2.55. The van der Waals surface area contributed by atoms with E-state index in [2.05, 4.69) is 10.2 Å². The monoisotopic (exact) mass is 339 g/mol. The van der Waals surface area contributed by atoms with Gasteiger partial charge in [0.15, 0.2) is 0 Å². The molecule has 1 amide bonds. The number of amides is 1. The van der Waals surface area contributed by atoms with E-state index in [0.29, 0.717) is 0 Å². The summed E-state index contributed by atoms with van der Waals surface area (Å²) < 4.78 is 12.7. The van der Waals surface area contributed by atoms with E-state index in [4.69, 9.17) is 5.73 Å². The zero-order valence-electron chi connectivity index (χ0n) is 14.0. The standard InChI is InChI=1S/C17H26FN3OS/c1-17(2,23-3)15(19)16(22)20-13-8-10-21(11-9-13)14-6-4-12(18)5-7-14/h4-7,13,15H,8-11,19H2,1-3H3,(H,20,22)/t15-/m1/s1. The number of nitrogens with zero attached hydrogens (tertiary/aromatic N) is 1. The molecule has 1 heterocycles. The third kappa shape index (κ3) is 4.61. The van der Waals surface area contributed by atoms with Crippen molar-refractivity contribution in [3.8, 4) is 0 Å². The van der Waals surface area contributed by atoms with Crippen LogP contribution in [0, 0.1) is 5.82 Å². The number of nitrogens with two attached hydrogens (primary N) is 1. The summed E-state index contributed by atoms with van der Waals surface area (Å²) >= 11 is 1.60. The molecule has 0 bridgehead atoms. The van der Waals surface area contributed by atoms with Gasteiger partial charge < -0.3 is 16.0 Å². The van der Waals surface area contributed by atoms with Crippen LogP contribution in [0.4, 0.5) is 10.1 Å². The molecule has 23 heavy (non-hydrogen) atoms. The smallest absolute Gasteiger partial charge is 0.238 e. The summed E-state index contributed by atoms with van der Waals surface area (Å²) in [4.78, 5) is 14.5. The average molecular weight is 339 g/mol. The summed E-state index contributed by atoms with van der Waals surface area (Å²) in [5.74, 6) is -0.300. The number of halogens is 1. The van der Waals surface area contributed by atoms with E-state index in [-0.39, 0.29) is 22.5 Å². The number of nitrogens with one attached hydrogen (secondary N) is 1. The molecule has 1 aromatic carbocycles. The third-order valence-corrected chi connectivity index (χ3v) is 5.90. The highest BCUT2D eigenvalue weighted by Gasteiger charge is 2.32. The molecule has 0 spiro atoms. The molecular weight excluding hydrogens is 313 g/mol. The van der Waals surface area contributed by atoms with Gasteiger partial charge in [0.2, 0.25) is 5.91 Å². The molecule has 1 aromatic rings. The first-order chi connectivity index (χ1) is 10.8. The molecule has 2 rings (SSSR count). The molecule has 0 aliphatic carbocycles. The molecule has 1 aliphatic heterocycles. The molecule has 4 nitrogen and oxygen atoms in total. The van der Waals surface area contributed by atoms with Crippen molar-refractivity contribution in [3.63, 3.8) is 0 Å². The Kier molecular flexibility index (Phi) is 5.92. The van der Waals surface area contributed by atoms with Crippen molar-refractivity contribution in [2.45, 2.75) is 43.5 Å². The van der Waals surface area contributed by atoms with E-state index < -0.39 is 6.04 Å². The van der Waals surface area contributed by atoms with Gasteiger partial charge in [-0.3, -0.25) is 4.79 Å². The van der Waals surface area contributed by atoms with Crippen LogP contribution < -0.4 is 16.0 Å². The first-order valence-electron chi connectivity index (χ1n) is 7.95. The maximum atomic E-state index is 13.0. The molecule has 0 aromatic heterocycles. The highest BCUT2D eigenvalue weighted by Crippen LogP contribution is 2.25. The summed E-state index contributed by atoms with van der Waals surface area (Å²) in [6.07, 6.45) is 3.71. The number of benzene rings is 1. The van der Waals surface area contributed by atoms with Crippen LogP contribution >= 0.6 is 11.8 Å². The summed E-state index contributed by atoms with van der Waals surface area (Å²) in [7, 11) is 0. The van der Waals surface area contributed by atoms with Crippen LogP contribution in [0.25, 0.3) is 0 Å². The number of hydrogen-bond donors (Lipinski definition) is 2. The number of piperidine rings is 1. The van der Waals surface area contributed by atoms with Crippen molar-refractivity contribution >= 4 is 23.4 Å². The van der Waals surface area contributed by atoms with E-state index in [1.165, 1.54) is 12.1 Å². The van der Waals surface area contributed by atoms with Crippen molar-refractivity contribution in [2.75, 3.05) is 24.2 Å². The summed E-state index contributed by atoms with van der Waals surface area (Å²) in [5, 5.41) is 3.08. The SMILES string of the molecule is CSC(C)(C)[C@H](N)C(=O)NC1CCN(c2ccc(F)cc2)CC1. The number of carbonyl (C=O) groups is 1. The largest absolute Gasteiger partial charge is 0.371 e.